The molecule has 114 valence electrons. The number of nitrogens with zero attached hydrogens (tertiary/aromatic N) is 4. The Morgan fingerprint density at radius 2 is 2.00 bits per heavy atom. The summed E-state index contributed by atoms with van der Waals surface area (Å²) in [5.74, 6) is 1.49. The number of hydrogen-bond donors (Lipinski definition) is 1. The lowest BCUT2D eigenvalue weighted by molar-refractivity contribution is 0.472. The van der Waals surface area contributed by atoms with E-state index in [4.69, 9.17) is 5.10 Å². The van der Waals surface area contributed by atoms with Gasteiger partial charge in [-0.15, -0.1) is 0 Å². The maximum absolute atomic E-state index is 4.87. The summed E-state index contributed by atoms with van der Waals surface area (Å²) in [5.41, 5.74) is 4.75. The van der Waals surface area contributed by atoms with Crippen LogP contribution in [0.3, 0.4) is 0 Å². The molecule has 3 heterocycles. The number of halogens is 1. The predicted octanol–water partition coefficient (Wildman–Crippen LogP) is 3.52. The van der Waals surface area contributed by atoms with Crippen molar-refractivity contribution in [2.75, 3.05) is 11.9 Å². The third kappa shape index (κ3) is 2.20. The predicted molar refractivity (Wildman–Crippen MR) is 87.9 cm³/mol. The van der Waals surface area contributed by atoms with Crippen LogP contribution in [-0.2, 0) is 7.05 Å². The topological polar surface area (TPSA) is 47.7 Å². The summed E-state index contributed by atoms with van der Waals surface area (Å²) < 4.78 is 5.20. The van der Waals surface area contributed by atoms with Crippen molar-refractivity contribution < 1.29 is 0 Å². The molecular formula is C15H22BrN5. The molecule has 0 bridgehead atoms. The fourth-order valence-corrected chi connectivity index (χ4v) is 4.03. The molecule has 0 saturated carbocycles. The molecule has 5 nitrogen and oxygen atoms in total. The average Bonchev–Trinajstić information content (AvgIpc) is 2.89. The highest BCUT2D eigenvalue weighted by atomic mass is 79.9. The van der Waals surface area contributed by atoms with E-state index in [1.807, 2.05) is 11.7 Å². The number of aryl methyl sites for hydroxylation is 2. The second-order valence-electron chi connectivity index (χ2n) is 6.09. The lowest BCUT2D eigenvalue weighted by Gasteiger charge is -2.26. The van der Waals surface area contributed by atoms with Gasteiger partial charge in [0.25, 0.3) is 0 Å². The molecule has 3 rings (SSSR count). The van der Waals surface area contributed by atoms with Crippen LogP contribution < -0.4 is 5.32 Å². The van der Waals surface area contributed by atoms with E-state index in [1.54, 1.807) is 0 Å². The Balaban J connectivity index is 2.15. The Morgan fingerprint density at radius 1 is 1.29 bits per heavy atom. The Kier molecular flexibility index (Phi) is 3.59. The molecule has 0 amide bonds. The van der Waals surface area contributed by atoms with Crippen LogP contribution in [-0.4, -0.2) is 26.1 Å². The fourth-order valence-electron chi connectivity index (χ4n) is 3.17. The molecule has 1 unspecified atom stereocenters. The minimum absolute atomic E-state index is 0.263. The van der Waals surface area contributed by atoms with E-state index in [-0.39, 0.29) is 6.04 Å². The summed E-state index contributed by atoms with van der Waals surface area (Å²) in [6.45, 7) is 9.54. The molecule has 2 aromatic rings. The van der Waals surface area contributed by atoms with Crippen molar-refractivity contribution in [2.24, 2.45) is 7.05 Å². The second kappa shape index (κ2) is 5.16. The number of anilines is 1. The highest BCUT2D eigenvalue weighted by Gasteiger charge is 2.30. The maximum Gasteiger partial charge on any atom is 0.139 e. The van der Waals surface area contributed by atoms with E-state index >= 15 is 0 Å². The fraction of sp³-hybridized carbons (Fsp3) is 0.600. The van der Waals surface area contributed by atoms with E-state index in [0.717, 1.165) is 34.6 Å². The van der Waals surface area contributed by atoms with E-state index < -0.39 is 0 Å². The smallest absolute Gasteiger partial charge is 0.139 e. The van der Waals surface area contributed by atoms with Crippen LogP contribution in [0.25, 0.3) is 0 Å². The summed E-state index contributed by atoms with van der Waals surface area (Å²) in [4.78, 5) is 0. The van der Waals surface area contributed by atoms with Crippen LogP contribution in [0.4, 0.5) is 5.82 Å². The first-order chi connectivity index (χ1) is 9.91. The first-order valence-corrected chi connectivity index (χ1v) is 8.23. The van der Waals surface area contributed by atoms with Crippen molar-refractivity contribution in [3.05, 3.63) is 27.1 Å². The number of nitrogens with one attached hydrogen (secondary N) is 1. The van der Waals surface area contributed by atoms with Gasteiger partial charge in [0.1, 0.15) is 5.82 Å². The van der Waals surface area contributed by atoms with Gasteiger partial charge in [-0.05, 0) is 42.1 Å². The average molecular weight is 352 g/mol. The molecule has 0 fully saturated rings. The molecule has 0 aromatic carbocycles. The summed E-state index contributed by atoms with van der Waals surface area (Å²) in [6.07, 6.45) is 1.03. The standard InChI is InChI=1S/C15H22BrN5/c1-8(2)14-13(16)15-17-7-6-11(21(15)19-14)12-9(3)18-20(5)10(12)4/h8,11,17H,6-7H2,1-5H3. The van der Waals surface area contributed by atoms with E-state index in [1.165, 1.54) is 11.3 Å². The second-order valence-corrected chi connectivity index (χ2v) is 6.88. The maximum atomic E-state index is 4.87. The summed E-state index contributed by atoms with van der Waals surface area (Å²) in [5, 5.41) is 12.9. The zero-order valence-corrected chi connectivity index (χ0v) is 14.8. The number of fused-ring (bicyclic) bond motifs is 1. The monoisotopic (exact) mass is 351 g/mol. The van der Waals surface area contributed by atoms with Crippen LogP contribution >= 0.6 is 15.9 Å². The molecule has 1 aliphatic heterocycles. The van der Waals surface area contributed by atoms with Gasteiger partial charge in [0.15, 0.2) is 0 Å². The van der Waals surface area contributed by atoms with Crippen molar-refractivity contribution >= 4 is 21.7 Å². The van der Waals surface area contributed by atoms with Gasteiger partial charge in [0.05, 0.1) is 21.9 Å². The van der Waals surface area contributed by atoms with Crippen molar-refractivity contribution in [2.45, 2.75) is 46.1 Å². The van der Waals surface area contributed by atoms with Crippen molar-refractivity contribution in [1.29, 1.82) is 0 Å². The van der Waals surface area contributed by atoms with Crippen LogP contribution in [0.2, 0.25) is 0 Å². The first-order valence-electron chi connectivity index (χ1n) is 7.43. The first kappa shape index (κ1) is 14.6. The molecule has 1 atom stereocenters. The molecular weight excluding hydrogens is 330 g/mol. The van der Waals surface area contributed by atoms with Gasteiger partial charge in [0.2, 0.25) is 0 Å². The highest BCUT2D eigenvalue weighted by Crippen LogP contribution is 2.39. The minimum Gasteiger partial charge on any atom is -0.369 e. The van der Waals surface area contributed by atoms with Crippen LogP contribution in [0.1, 0.15) is 54.9 Å². The molecule has 1 N–H and O–H groups in total. The van der Waals surface area contributed by atoms with Gasteiger partial charge in [-0.3, -0.25) is 4.68 Å². The number of aromatic nitrogens is 4. The zero-order chi connectivity index (χ0) is 15.3. The lowest BCUT2D eigenvalue weighted by atomic mass is 10.0. The largest absolute Gasteiger partial charge is 0.369 e. The van der Waals surface area contributed by atoms with E-state index in [2.05, 4.69) is 58.7 Å². The van der Waals surface area contributed by atoms with Crippen molar-refractivity contribution in [3.8, 4) is 0 Å². The quantitative estimate of drug-likeness (QED) is 0.900. The van der Waals surface area contributed by atoms with Gasteiger partial charge in [-0.1, -0.05) is 13.8 Å². The Labute approximate surface area is 133 Å². The SMILES string of the molecule is Cc1nn(C)c(C)c1C1CCNc2c(Br)c(C(C)C)nn21. The lowest BCUT2D eigenvalue weighted by Crippen LogP contribution is -2.25. The third-order valence-corrected chi connectivity index (χ3v) is 5.11. The molecule has 0 aliphatic carbocycles. The molecule has 0 radical (unpaired) electrons. The number of hydrogen-bond acceptors (Lipinski definition) is 3. The van der Waals surface area contributed by atoms with Crippen LogP contribution in [0.5, 0.6) is 0 Å². The molecule has 0 saturated heterocycles. The van der Waals surface area contributed by atoms with Crippen LogP contribution in [0, 0.1) is 13.8 Å². The Morgan fingerprint density at radius 3 is 2.57 bits per heavy atom. The molecule has 0 spiro atoms. The van der Waals surface area contributed by atoms with E-state index in [9.17, 15) is 0 Å². The molecule has 21 heavy (non-hydrogen) atoms. The van der Waals surface area contributed by atoms with Gasteiger partial charge in [-0.2, -0.15) is 10.2 Å². The van der Waals surface area contributed by atoms with Gasteiger partial charge in [0, 0.05) is 24.8 Å². The molecule has 6 heteroatoms. The summed E-state index contributed by atoms with van der Waals surface area (Å²) in [6, 6.07) is 0.263. The third-order valence-electron chi connectivity index (χ3n) is 4.33. The normalized spacial score (nSPS) is 18.0. The zero-order valence-electron chi connectivity index (χ0n) is 13.2. The number of rotatable bonds is 2. The van der Waals surface area contributed by atoms with Gasteiger partial charge < -0.3 is 5.32 Å². The highest BCUT2D eigenvalue weighted by molar-refractivity contribution is 9.10. The van der Waals surface area contributed by atoms with Crippen molar-refractivity contribution in [3.63, 3.8) is 0 Å². The Hall–Kier alpha value is -1.30. The molecule has 1 aliphatic rings. The van der Waals surface area contributed by atoms with Gasteiger partial charge in [-0.25, -0.2) is 4.68 Å². The molecule has 2 aromatic heterocycles. The Bertz CT molecular complexity index is 683. The van der Waals surface area contributed by atoms with Gasteiger partial charge >= 0.3 is 0 Å². The summed E-state index contributed by atoms with van der Waals surface area (Å²) in [7, 11) is 2.01. The van der Waals surface area contributed by atoms with Crippen molar-refractivity contribution in [1.82, 2.24) is 19.6 Å². The summed E-state index contributed by atoms with van der Waals surface area (Å²) >= 11 is 3.71. The van der Waals surface area contributed by atoms with Crippen LogP contribution in [0.15, 0.2) is 4.47 Å². The van der Waals surface area contributed by atoms with E-state index in [0.29, 0.717) is 5.92 Å². The minimum atomic E-state index is 0.263.